The predicted octanol–water partition coefficient (Wildman–Crippen LogP) is 6.28. The summed E-state index contributed by atoms with van der Waals surface area (Å²) in [5.41, 5.74) is 4.36. The number of carbonyl (C=O) groups excluding carboxylic acids is 1. The summed E-state index contributed by atoms with van der Waals surface area (Å²) in [5.74, 6) is 2.37. The number of aromatic amines is 1. The average Bonchev–Trinajstić information content (AvgIpc) is 3.35. The van der Waals surface area contributed by atoms with Crippen molar-refractivity contribution >= 4 is 22.6 Å². The zero-order valence-electron chi connectivity index (χ0n) is 23.2. The van der Waals surface area contributed by atoms with Crippen molar-refractivity contribution in [2.75, 3.05) is 27.2 Å². The zero-order valence-corrected chi connectivity index (χ0v) is 23.2. The van der Waals surface area contributed by atoms with Crippen LogP contribution >= 0.6 is 0 Å². The van der Waals surface area contributed by atoms with Gasteiger partial charge in [-0.3, -0.25) is 4.79 Å². The average molecular weight is 516 g/mol. The number of nitrogens with zero attached hydrogens (tertiary/aromatic N) is 2. The van der Waals surface area contributed by atoms with E-state index in [1.165, 1.54) is 11.1 Å². The Bertz CT molecular complexity index is 1250. The number of hydrogen-bond acceptors (Lipinski definition) is 5. The molecule has 0 unspecified atom stereocenters. The Kier molecular flexibility index (Phi) is 7.89. The van der Waals surface area contributed by atoms with Gasteiger partial charge in [-0.25, -0.2) is 4.98 Å². The van der Waals surface area contributed by atoms with Crippen LogP contribution in [0.4, 0.5) is 0 Å². The molecule has 1 aromatic heterocycles. The number of nitrogens with one attached hydrogen (secondary N) is 1. The van der Waals surface area contributed by atoms with Crippen molar-refractivity contribution in [3.63, 3.8) is 0 Å². The number of aromatic nitrogens is 2. The van der Waals surface area contributed by atoms with E-state index in [2.05, 4.69) is 41.2 Å². The van der Waals surface area contributed by atoms with Gasteiger partial charge in [0.15, 0.2) is 0 Å². The van der Waals surface area contributed by atoms with Gasteiger partial charge >= 0.3 is 5.97 Å². The van der Waals surface area contributed by atoms with Crippen LogP contribution in [-0.4, -0.2) is 53.7 Å². The molecule has 38 heavy (non-hydrogen) atoms. The molecule has 1 saturated carbocycles. The number of allylic oxidation sites excluding steroid dienone is 1. The van der Waals surface area contributed by atoms with Gasteiger partial charge in [-0.2, -0.15) is 0 Å². The molecule has 3 aromatic rings. The van der Waals surface area contributed by atoms with Gasteiger partial charge in [0.25, 0.3) is 0 Å². The Morgan fingerprint density at radius 1 is 1.13 bits per heavy atom. The number of methoxy groups -OCH3 is 1. The van der Waals surface area contributed by atoms with E-state index >= 15 is 0 Å². The number of carbonyl (C=O) groups is 1. The molecule has 0 spiro atoms. The lowest BCUT2D eigenvalue weighted by Gasteiger charge is -2.50. The van der Waals surface area contributed by atoms with Crippen molar-refractivity contribution < 1.29 is 14.3 Å². The van der Waals surface area contributed by atoms with Crippen molar-refractivity contribution in [3.8, 4) is 5.75 Å². The second-order valence-electron chi connectivity index (χ2n) is 11.4. The Morgan fingerprint density at radius 3 is 2.61 bits per heavy atom. The largest absolute Gasteiger partial charge is 0.497 e. The number of esters is 1. The first kappa shape index (κ1) is 26.5. The van der Waals surface area contributed by atoms with Crippen LogP contribution in [0.25, 0.3) is 16.6 Å². The smallest absolute Gasteiger partial charge is 0.308 e. The molecule has 3 atom stereocenters. The van der Waals surface area contributed by atoms with Gasteiger partial charge in [0.2, 0.25) is 0 Å². The van der Waals surface area contributed by atoms with Crippen LogP contribution in [0.15, 0.2) is 54.6 Å². The van der Waals surface area contributed by atoms with Crippen molar-refractivity contribution in [1.29, 1.82) is 0 Å². The zero-order chi connectivity index (χ0) is 26.7. The van der Waals surface area contributed by atoms with Crippen LogP contribution in [0.5, 0.6) is 5.75 Å². The molecular formula is C32H41N3O3. The van der Waals surface area contributed by atoms with Crippen molar-refractivity contribution in [3.05, 3.63) is 66.0 Å². The molecule has 6 nitrogen and oxygen atoms in total. The minimum absolute atomic E-state index is 0.0792. The van der Waals surface area contributed by atoms with E-state index in [1.807, 2.05) is 44.2 Å². The van der Waals surface area contributed by atoms with Gasteiger partial charge in [0, 0.05) is 25.3 Å². The maximum Gasteiger partial charge on any atom is 0.308 e. The summed E-state index contributed by atoms with van der Waals surface area (Å²) in [6.45, 7) is 5.74. The molecule has 1 N–H and O–H groups in total. The first-order valence-corrected chi connectivity index (χ1v) is 14.1. The highest BCUT2D eigenvalue weighted by atomic mass is 16.6. The lowest BCUT2D eigenvalue weighted by Crippen LogP contribution is -2.51. The van der Waals surface area contributed by atoms with Gasteiger partial charge < -0.3 is 19.4 Å². The molecule has 3 aliphatic rings. The highest BCUT2D eigenvalue weighted by Crippen LogP contribution is 2.53. The van der Waals surface area contributed by atoms with E-state index in [4.69, 9.17) is 14.5 Å². The van der Waals surface area contributed by atoms with E-state index in [-0.39, 0.29) is 17.8 Å². The number of H-pyrrole nitrogens is 1. The Morgan fingerprint density at radius 2 is 1.92 bits per heavy atom. The van der Waals surface area contributed by atoms with Crippen molar-refractivity contribution in [2.45, 2.75) is 58.0 Å². The summed E-state index contributed by atoms with van der Waals surface area (Å²) in [7, 11) is 3.88. The Balaban J connectivity index is 1.24. The number of hydrogen-bond donors (Lipinski definition) is 1. The molecule has 6 heteroatoms. The van der Waals surface area contributed by atoms with Crippen LogP contribution in [0.1, 0.15) is 57.3 Å². The maximum atomic E-state index is 12.9. The van der Waals surface area contributed by atoms with E-state index in [0.717, 1.165) is 74.2 Å². The molecule has 2 bridgehead atoms. The third-order valence-corrected chi connectivity index (χ3v) is 8.42. The van der Waals surface area contributed by atoms with Crippen molar-refractivity contribution in [2.24, 2.45) is 17.8 Å². The SMILES string of the molecule is COc1ccc(C2=C[C@@H]3CC[C@H]2C[C@@]3(CCN(C)CCCc2nc3ccccc3[nH]2)OC(=O)C(C)C)cc1. The first-order chi connectivity index (χ1) is 18.4. The van der Waals surface area contributed by atoms with Gasteiger partial charge in [-0.05, 0) is 80.6 Å². The second kappa shape index (κ2) is 11.3. The van der Waals surface area contributed by atoms with Crippen molar-refractivity contribution in [1.82, 2.24) is 14.9 Å². The molecule has 0 radical (unpaired) electrons. The normalized spacial score (nSPS) is 22.7. The highest BCUT2D eigenvalue weighted by molar-refractivity contribution is 5.75. The van der Waals surface area contributed by atoms with Gasteiger partial charge in [0.05, 0.1) is 24.1 Å². The third-order valence-electron chi connectivity index (χ3n) is 8.42. The number of imidazole rings is 1. The molecule has 0 aliphatic heterocycles. The lowest BCUT2D eigenvalue weighted by atomic mass is 9.60. The fourth-order valence-corrected chi connectivity index (χ4v) is 6.19. The predicted molar refractivity (Wildman–Crippen MR) is 152 cm³/mol. The molecule has 3 aliphatic carbocycles. The quantitative estimate of drug-likeness (QED) is 0.305. The fourth-order valence-electron chi connectivity index (χ4n) is 6.19. The van der Waals surface area contributed by atoms with E-state index in [9.17, 15) is 4.79 Å². The molecule has 1 heterocycles. The molecular weight excluding hydrogens is 474 g/mol. The molecule has 0 amide bonds. The Hall–Kier alpha value is -3.12. The van der Waals surface area contributed by atoms with Gasteiger partial charge in [-0.15, -0.1) is 0 Å². The van der Waals surface area contributed by atoms with Crippen LogP contribution in [0.2, 0.25) is 0 Å². The van der Waals surface area contributed by atoms with Crippen LogP contribution < -0.4 is 4.74 Å². The molecule has 0 saturated heterocycles. The molecule has 202 valence electrons. The number of benzene rings is 2. The number of para-hydroxylation sites is 2. The van der Waals surface area contributed by atoms with E-state index in [0.29, 0.717) is 5.92 Å². The summed E-state index contributed by atoms with van der Waals surface area (Å²) in [6.07, 6.45) is 8.35. The molecule has 6 rings (SSSR count). The maximum absolute atomic E-state index is 12.9. The van der Waals surface area contributed by atoms with E-state index in [1.54, 1.807) is 7.11 Å². The number of fused-ring (bicyclic) bond motifs is 3. The topological polar surface area (TPSA) is 67.4 Å². The molecule has 1 fully saturated rings. The summed E-state index contributed by atoms with van der Waals surface area (Å²) in [5, 5.41) is 0. The second-order valence-corrected chi connectivity index (χ2v) is 11.4. The van der Waals surface area contributed by atoms with Crippen LogP contribution in [0, 0.1) is 17.8 Å². The number of aryl methyl sites for hydroxylation is 1. The first-order valence-electron chi connectivity index (χ1n) is 14.1. The minimum atomic E-state index is -0.423. The fraction of sp³-hybridized carbons (Fsp3) is 0.500. The number of rotatable bonds is 11. The van der Waals surface area contributed by atoms with Gasteiger partial charge in [0.1, 0.15) is 17.2 Å². The third kappa shape index (κ3) is 5.65. The molecule has 2 aromatic carbocycles. The summed E-state index contributed by atoms with van der Waals surface area (Å²) in [6, 6.07) is 16.6. The summed E-state index contributed by atoms with van der Waals surface area (Å²) >= 11 is 0. The standard InChI is InChI=1S/C32H41N3O3/c1-22(2)31(36)38-32(17-19-35(3)18-7-10-30-33-28-8-5-6-9-29(28)34-30)21-24-11-14-25(32)20-27(24)23-12-15-26(37-4)16-13-23/h5-6,8-9,12-13,15-16,20,22,24-25H,7,10-11,14,17-19,21H2,1-4H3,(H,33,34)/t24-,25-,32+/m0/s1. The van der Waals surface area contributed by atoms with Crippen LogP contribution in [0.3, 0.4) is 0 Å². The van der Waals surface area contributed by atoms with Crippen LogP contribution in [-0.2, 0) is 16.0 Å². The summed E-state index contributed by atoms with van der Waals surface area (Å²) < 4.78 is 11.8. The monoisotopic (exact) mass is 515 g/mol. The minimum Gasteiger partial charge on any atom is -0.497 e. The summed E-state index contributed by atoms with van der Waals surface area (Å²) in [4.78, 5) is 23.4. The van der Waals surface area contributed by atoms with Gasteiger partial charge in [-0.1, -0.05) is 44.2 Å². The Labute approximate surface area is 226 Å². The number of ether oxygens (including phenoxy) is 2. The highest BCUT2D eigenvalue weighted by Gasteiger charge is 2.50. The lowest BCUT2D eigenvalue weighted by molar-refractivity contribution is -0.176. The van der Waals surface area contributed by atoms with E-state index < -0.39 is 5.60 Å².